The number of aromatic amines is 1. The molecule has 2 N–H and O–H groups in total. The molecule has 1 fully saturated rings. The van der Waals surface area contributed by atoms with Crippen LogP contribution in [0, 0.1) is 0 Å². The molecule has 0 spiro atoms. The minimum absolute atomic E-state index is 0.201. The Kier molecular flexibility index (Phi) is 6.44. The molecule has 1 aliphatic heterocycles. The molecule has 1 aromatic heterocycles. The van der Waals surface area contributed by atoms with Crippen LogP contribution in [-0.2, 0) is 6.42 Å². The van der Waals surface area contributed by atoms with Gasteiger partial charge in [-0.15, -0.1) is 0 Å². The zero-order chi connectivity index (χ0) is 18.2. The van der Waals surface area contributed by atoms with Crippen molar-refractivity contribution in [2.45, 2.75) is 19.3 Å². The van der Waals surface area contributed by atoms with E-state index in [1.54, 1.807) is 23.2 Å². The monoisotopic (exact) mass is 354 g/mol. The van der Waals surface area contributed by atoms with Crippen LogP contribution in [-0.4, -0.2) is 53.5 Å². The molecule has 0 aliphatic carbocycles. The van der Waals surface area contributed by atoms with Gasteiger partial charge in [-0.25, -0.2) is 4.79 Å². The molecule has 26 heavy (non-hydrogen) atoms. The lowest BCUT2D eigenvalue weighted by Crippen LogP contribution is -2.39. The summed E-state index contributed by atoms with van der Waals surface area (Å²) < 4.78 is 0. The van der Waals surface area contributed by atoms with Crippen molar-refractivity contribution in [1.29, 1.82) is 0 Å². The van der Waals surface area contributed by atoms with Gasteiger partial charge in [0.1, 0.15) is 5.69 Å². The highest BCUT2D eigenvalue weighted by Crippen LogP contribution is 2.08. The van der Waals surface area contributed by atoms with Crippen LogP contribution < -0.4 is 10.9 Å². The first-order valence-corrected chi connectivity index (χ1v) is 9.22. The largest absolute Gasteiger partial charge is 0.327 e. The summed E-state index contributed by atoms with van der Waals surface area (Å²) in [6, 6.07) is 13.7. The molecule has 1 aromatic carbocycles. The van der Waals surface area contributed by atoms with E-state index in [0.717, 1.165) is 38.9 Å². The minimum atomic E-state index is -0.279. The Labute approximate surface area is 153 Å². The number of carbonyl (C=O) groups is 1. The van der Waals surface area contributed by atoms with Gasteiger partial charge in [0.05, 0.1) is 0 Å². The second-order valence-corrected chi connectivity index (χ2v) is 6.61. The number of aryl methyl sites for hydroxylation is 1. The molecule has 1 saturated heterocycles. The summed E-state index contributed by atoms with van der Waals surface area (Å²) >= 11 is 0. The third-order valence-electron chi connectivity index (χ3n) is 4.72. The molecule has 2 heterocycles. The van der Waals surface area contributed by atoms with Gasteiger partial charge in [-0.2, -0.15) is 0 Å². The Balaban J connectivity index is 1.45. The number of urea groups is 1. The Bertz CT molecular complexity index is 760. The van der Waals surface area contributed by atoms with Crippen molar-refractivity contribution >= 4 is 11.7 Å². The van der Waals surface area contributed by atoms with Crippen LogP contribution in [0.1, 0.15) is 18.4 Å². The van der Waals surface area contributed by atoms with Gasteiger partial charge in [0, 0.05) is 25.8 Å². The number of carbonyl (C=O) groups excluding carboxylic acids is 1. The number of aromatic nitrogens is 1. The maximum atomic E-state index is 12.4. The lowest BCUT2D eigenvalue weighted by molar-refractivity contribution is 0.211. The van der Waals surface area contributed by atoms with Crippen molar-refractivity contribution in [3.05, 3.63) is 64.6 Å². The number of rotatable bonds is 5. The van der Waals surface area contributed by atoms with Crippen LogP contribution in [0.15, 0.2) is 53.5 Å². The third-order valence-corrected chi connectivity index (χ3v) is 4.72. The lowest BCUT2D eigenvalue weighted by Gasteiger charge is -2.22. The van der Waals surface area contributed by atoms with Crippen LogP contribution in [0.2, 0.25) is 0 Å². The van der Waals surface area contributed by atoms with Crippen LogP contribution in [0.5, 0.6) is 0 Å². The number of nitrogens with zero attached hydrogens (tertiary/aromatic N) is 2. The zero-order valence-corrected chi connectivity index (χ0v) is 15.0. The van der Waals surface area contributed by atoms with Crippen LogP contribution >= 0.6 is 0 Å². The highest BCUT2D eigenvalue weighted by molar-refractivity contribution is 5.89. The fourth-order valence-corrected chi connectivity index (χ4v) is 3.26. The van der Waals surface area contributed by atoms with Crippen molar-refractivity contribution in [2.24, 2.45) is 0 Å². The first-order valence-electron chi connectivity index (χ1n) is 9.22. The summed E-state index contributed by atoms with van der Waals surface area (Å²) in [6.45, 7) is 4.31. The van der Waals surface area contributed by atoms with E-state index in [9.17, 15) is 9.59 Å². The molecule has 0 bridgehead atoms. The van der Waals surface area contributed by atoms with E-state index in [1.165, 1.54) is 5.56 Å². The van der Waals surface area contributed by atoms with Gasteiger partial charge in [0.25, 0.3) is 5.56 Å². The van der Waals surface area contributed by atoms with E-state index in [1.807, 2.05) is 6.07 Å². The fraction of sp³-hybridized carbons (Fsp3) is 0.400. The van der Waals surface area contributed by atoms with Crippen molar-refractivity contribution in [2.75, 3.05) is 38.0 Å². The number of benzene rings is 1. The zero-order valence-electron chi connectivity index (χ0n) is 15.0. The molecule has 0 radical (unpaired) electrons. The molecular weight excluding hydrogens is 328 g/mol. The summed E-state index contributed by atoms with van der Waals surface area (Å²) in [6.07, 6.45) is 4.70. The summed E-state index contributed by atoms with van der Waals surface area (Å²) in [4.78, 5) is 30.9. The number of hydrogen-bond donors (Lipinski definition) is 2. The first-order chi connectivity index (χ1) is 12.7. The molecule has 138 valence electrons. The molecule has 6 heteroatoms. The molecule has 3 rings (SSSR count). The molecule has 1 aliphatic rings. The molecule has 0 unspecified atom stereocenters. The van der Waals surface area contributed by atoms with Crippen molar-refractivity contribution in [3.63, 3.8) is 0 Å². The van der Waals surface area contributed by atoms with Gasteiger partial charge in [0.15, 0.2) is 0 Å². The van der Waals surface area contributed by atoms with Gasteiger partial charge in [-0.3, -0.25) is 4.79 Å². The van der Waals surface area contributed by atoms with Gasteiger partial charge in [-0.05, 0) is 50.0 Å². The Morgan fingerprint density at radius 3 is 2.69 bits per heavy atom. The van der Waals surface area contributed by atoms with Gasteiger partial charge >= 0.3 is 6.03 Å². The highest BCUT2D eigenvalue weighted by Gasteiger charge is 2.19. The van der Waals surface area contributed by atoms with E-state index in [-0.39, 0.29) is 11.6 Å². The number of amides is 2. The highest BCUT2D eigenvalue weighted by atomic mass is 16.2. The SMILES string of the molecule is O=C(Nc1ccc[nH]c1=O)N1CCCN(CCCc2ccccc2)CC1. The predicted molar refractivity (Wildman–Crippen MR) is 103 cm³/mol. The van der Waals surface area contributed by atoms with Gasteiger partial charge in [-0.1, -0.05) is 30.3 Å². The van der Waals surface area contributed by atoms with E-state index < -0.39 is 0 Å². The molecule has 0 atom stereocenters. The average molecular weight is 354 g/mol. The molecule has 2 aromatic rings. The average Bonchev–Trinajstić information content (AvgIpc) is 2.90. The van der Waals surface area contributed by atoms with Crippen molar-refractivity contribution in [3.8, 4) is 0 Å². The second-order valence-electron chi connectivity index (χ2n) is 6.61. The number of pyridine rings is 1. The van der Waals surface area contributed by atoms with E-state index in [0.29, 0.717) is 18.8 Å². The normalized spacial score (nSPS) is 15.5. The molecule has 6 nitrogen and oxygen atoms in total. The van der Waals surface area contributed by atoms with E-state index in [4.69, 9.17) is 0 Å². The third kappa shape index (κ3) is 5.20. The number of anilines is 1. The minimum Gasteiger partial charge on any atom is -0.327 e. The molecule has 2 amide bonds. The summed E-state index contributed by atoms with van der Waals surface area (Å²) in [5.41, 5.74) is 1.39. The van der Waals surface area contributed by atoms with Crippen molar-refractivity contribution < 1.29 is 4.79 Å². The fourth-order valence-electron chi connectivity index (χ4n) is 3.26. The summed E-state index contributed by atoms with van der Waals surface area (Å²) in [7, 11) is 0. The summed E-state index contributed by atoms with van der Waals surface area (Å²) in [5, 5.41) is 2.71. The lowest BCUT2D eigenvalue weighted by atomic mass is 10.1. The van der Waals surface area contributed by atoms with Gasteiger partial charge < -0.3 is 20.1 Å². The van der Waals surface area contributed by atoms with Crippen LogP contribution in [0.3, 0.4) is 0 Å². The van der Waals surface area contributed by atoms with E-state index in [2.05, 4.69) is 39.5 Å². The second kappa shape index (κ2) is 9.20. The maximum absolute atomic E-state index is 12.4. The Morgan fingerprint density at radius 2 is 1.88 bits per heavy atom. The Morgan fingerprint density at radius 1 is 1.04 bits per heavy atom. The smallest absolute Gasteiger partial charge is 0.322 e. The van der Waals surface area contributed by atoms with E-state index >= 15 is 0 Å². The first kappa shape index (κ1) is 18.2. The summed E-state index contributed by atoms with van der Waals surface area (Å²) in [5.74, 6) is 0. The number of hydrogen-bond acceptors (Lipinski definition) is 3. The topological polar surface area (TPSA) is 68.4 Å². The molecular formula is C20H26N4O2. The standard InChI is InChI=1S/C20H26N4O2/c25-19-18(10-4-11-21-19)22-20(26)24-14-6-13-23(15-16-24)12-5-9-17-7-2-1-3-8-17/h1-4,7-8,10-11H,5-6,9,12-16H2,(H,21,25)(H,22,26). The Hall–Kier alpha value is -2.60. The van der Waals surface area contributed by atoms with Crippen LogP contribution in [0.25, 0.3) is 0 Å². The van der Waals surface area contributed by atoms with Gasteiger partial charge in [0.2, 0.25) is 0 Å². The van der Waals surface area contributed by atoms with Crippen LogP contribution in [0.4, 0.5) is 10.5 Å². The quantitative estimate of drug-likeness (QED) is 0.867. The predicted octanol–water partition coefficient (Wildman–Crippen LogP) is 2.55. The number of H-pyrrole nitrogens is 1. The maximum Gasteiger partial charge on any atom is 0.322 e. The number of nitrogens with one attached hydrogen (secondary N) is 2. The van der Waals surface area contributed by atoms with Crippen molar-refractivity contribution in [1.82, 2.24) is 14.8 Å². The molecule has 0 saturated carbocycles.